The minimum atomic E-state index is -0.759. The van der Waals surface area contributed by atoms with Gasteiger partial charge in [0.1, 0.15) is 5.69 Å². The number of aromatic nitrogens is 2. The zero-order chi connectivity index (χ0) is 13.3. The first-order valence-corrected chi connectivity index (χ1v) is 5.38. The molecule has 18 heavy (non-hydrogen) atoms. The molecule has 0 aromatic carbocycles. The van der Waals surface area contributed by atoms with Gasteiger partial charge in [0.15, 0.2) is 17.7 Å². The summed E-state index contributed by atoms with van der Waals surface area (Å²) in [5, 5.41) is 2.57. The van der Waals surface area contributed by atoms with E-state index in [-0.39, 0.29) is 24.3 Å². The molecule has 1 fully saturated rings. The van der Waals surface area contributed by atoms with Crippen molar-refractivity contribution >= 4 is 23.4 Å². The predicted octanol–water partition coefficient (Wildman–Crippen LogP) is -0.269. The lowest BCUT2D eigenvalue weighted by Gasteiger charge is -2.16. The molecule has 0 radical (unpaired) electrons. The molecular weight excluding hydrogens is 238 g/mol. The second-order valence-corrected chi connectivity index (χ2v) is 4.33. The van der Waals surface area contributed by atoms with Crippen LogP contribution in [0.1, 0.15) is 13.8 Å². The summed E-state index contributed by atoms with van der Waals surface area (Å²) in [6.45, 7) is 3.66. The number of anilines is 3. The molecule has 0 spiro atoms. The number of nitrogens with zero attached hydrogens (tertiary/aromatic N) is 2. The van der Waals surface area contributed by atoms with Crippen LogP contribution in [0, 0.1) is 0 Å². The third-order valence-electron chi connectivity index (χ3n) is 2.40. The molecule has 0 unspecified atom stereocenters. The molecule has 1 saturated heterocycles. The molecule has 1 amide bonds. The molecule has 5 N–H and O–H groups in total. The number of nitrogens with two attached hydrogens (primary N) is 2. The highest BCUT2D eigenvalue weighted by atomic mass is 16.7. The molecular formula is C10H15N5O3. The average molecular weight is 253 g/mol. The molecule has 0 saturated carbocycles. The van der Waals surface area contributed by atoms with E-state index < -0.39 is 11.9 Å². The maximum absolute atomic E-state index is 11.9. The van der Waals surface area contributed by atoms with Crippen LogP contribution in [0.25, 0.3) is 0 Å². The van der Waals surface area contributed by atoms with Gasteiger partial charge in [0.25, 0.3) is 5.91 Å². The lowest BCUT2D eigenvalue weighted by atomic mass is 10.3. The second kappa shape index (κ2) is 4.39. The molecule has 0 aliphatic carbocycles. The first-order valence-electron chi connectivity index (χ1n) is 5.38. The van der Waals surface area contributed by atoms with Gasteiger partial charge in [-0.05, 0) is 13.8 Å². The molecule has 1 atom stereocenters. The number of ether oxygens (including phenoxy) is 2. The van der Waals surface area contributed by atoms with Crippen LogP contribution in [0.2, 0.25) is 0 Å². The monoisotopic (exact) mass is 253 g/mol. The topological polar surface area (TPSA) is 125 Å². The summed E-state index contributed by atoms with van der Waals surface area (Å²) in [4.78, 5) is 19.4. The fraction of sp³-hybridized carbons (Fsp3) is 0.500. The summed E-state index contributed by atoms with van der Waals surface area (Å²) >= 11 is 0. The van der Waals surface area contributed by atoms with Gasteiger partial charge < -0.3 is 26.3 Å². The van der Waals surface area contributed by atoms with Gasteiger partial charge in [-0.3, -0.25) is 4.79 Å². The molecule has 1 aromatic heterocycles. The molecule has 1 aliphatic rings. The van der Waals surface area contributed by atoms with E-state index in [9.17, 15) is 4.79 Å². The van der Waals surface area contributed by atoms with E-state index in [4.69, 9.17) is 20.9 Å². The Kier molecular flexibility index (Phi) is 3.05. The zero-order valence-corrected chi connectivity index (χ0v) is 10.1. The minimum Gasteiger partial charge on any atom is -0.382 e. The number of hydrogen-bond acceptors (Lipinski definition) is 7. The van der Waals surface area contributed by atoms with Crippen molar-refractivity contribution in [3.05, 3.63) is 6.20 Å². The van der Waals surface area contributed by atoms with E-state index in [1.165, 1.54) is 6.20 Å². The van der Waals surface area contributed by atoms with Crippen LogP contribution in [-0.4, -0.2) is 34.4 Å². The van der Waals surface area contributed by atoms with E-state index in [1.54, 1.807) is 13.8 Å². The lowest BCUT2D eigenvalue weighted by molar-refractivity contribution is -0.150. The van der Waals surface area contributed by atoms with Gasteiger partial charge >= 0.3 is 0 Å². The van der Waals surface area contributed by atoms with Crippen LogP contribution in [0.15, 0.2) is 6.20 Å². The van der Waals surface area contributed by atoms with Crippen LogP contribution >= 0.6 is 0 Å². The fourth-order valence-corrected chi connectivity index (χ4v) is 1.54. The smallest absolute Gasteiger partial charge is 0.256 e. The Bertz CT molecular complexity index is 477. The minimum absolute atomic E-state index is 0.0482. The van der Waals surface area contributed by atoms with Gasteiger partial charge in [0, 0.05) is 0 Å². The number of carbonyl (C=O) groups is 1. The van der Waals surface area contributed by atoms with E-state index in [0.717, 1.165) is 0 Å². The Balaban J connectivity index is 2.04. The second-order valence-electron chi connectivity index (χ2n) is 4.33. The first-order chi connectivity index (χ1) is 8.37. The Labute approximate surface area is 104 Å². The normalized spacial score (nSPS) is 21.8. The molecule has 8 heteroatoms. The zero-order valence-electron chi connectivity index (χ0n) is 10.1. The molecule has 98 valence electrons. The number of nitrogens with one attached hydrogen (secondary N) is 1. The van der Waals surface area contributed by atoms with Crippen molar-refractivity contribution in [2.45, 2.75) is 25.7 Å². The molecule has 8 nitrogen and oxygen atoms in total. The summed E-state index contributed by atoms with van der Waals surface area (Å²) in [5.41, 5.74) is 11.3. The SMILES string of the molecule is CC1(C)OC[C@H](C(=O)Nc2cnc(N)nc2N)O1. The average Bonchev–Trinajstić information content (AvgIpc) is 2.63. The summed E-state index contributed by atoms with van der Waals surface area (Å²) in [6.07, 6.45) is 0.660. The van der Waals surface area contributed by atoms with Gasteiger partial charge in [-0.25, -0.2) is 4.98 Å². The van der Waals surface area contributed by atoms with Crippen molar-refractivity contribution in [3.63, 3.8) is 0 Å². The molecule has 2 heterocycles. The third-order valence-corrected chi connectivity index (χ3v) is 2.40. The Morgan fingerprint density at radius 2 is 2.28 bits per heavy atom. The standard InChI is InChI=1S/C10H15N5O3/c1-10(2)17-4-6(18-10)8(16)14-5-3-13-9(12)15-7(5)11/h3,6H,4H2,1-2H3,(H,14,16)(H4,11,12,13,15)/t6-/m1/s1. The van der Waals surface area contributed by atoms with Crippen molar-refractivity contribution in [3.8, 4) is 0 Å². The maximum Gasteiger partial charge on any atom is 0.256 e. The van der Waals surface area contributed by atoms with Crippen LogP contribution in [0.3, 0.4) is 0 Å². The molecule has 1 aliphatic heterocycles. The highest BCUT2D eigenvalue weighted by Crippen LogP contribution is 2.24. The molecule has 0 bridgehead atoms. The highest BCUT2D eigenvalue weighted by Gasteiger charge is 2.37. The van der Waals surface area contributed by atoms with Crippen LogP contribution in [0.5, 0.6) is 0 Å². The van der Waals surface area contributed by atoms with E-state index in [1.807, 2.05) is 0 Å². The quantitative estimate of drug-likeness (QED) is 0.662. The molecule has 2 rings (SSSR count). The number of carbonyl (C=O) groups excluding carboxylic acids is 1. The summed E-state index contributed by atoms with van der Waals surface area (Å²) in [6, 6.07) is 0. The van der Waals surface area contributed by atoms with Crippen LogP contribution in [0.4, 0.5) is 17.5 Å². The van der Waals surface area contributed by atoms with Gasteiger partial charge in [-0.15, -0.1) is 0 Å². The van der Waals surface area contributed by atoms with Gasteiger partial charge in [0.05, 0.1) is 12.8 Å². The Morgan fingerprint density at radius 1 is 1.56 bits per heavy atom. The lowest BCUT2D eigenvalue weighted by Crippen LogP contribution is -2.32. The summed E-state index contributed by atoms with van der Waals surface area (Å²) in [7, 11) is 0. The van der Waals surface area contributed by atoms with Crippen LogP contribution in [-0.2, 0) is 14.3 Å². The largest absolute Gasteiger partial charge is 0.382 e. The van der Waals surface area contributed by atoms with Gasteiger partial charge in [-0.1, -0.05) is 0 Å². The van der Waals surface area contributed by atoms with E-state index in [0.29, 0.717) is 5.69 Å². The number of rotatable bonds is 2. The van der Waals surface area contributed by atoms with E-state index >= 15 is 0 Å². The van der Waals surface area contributed by atoms with Gasteiger partial charge in [-0.2, -0.15) is 4.98 Å². The van der Waals surface area contributed by atoms with Gasteiger partial charge in [0.2, 0.25) is 5.95 Å². The summed E-state index contributed by atoms with van der Waals surface area (Å²) < 4.78 is 10.7. The molecule has 1 aromatic rings. The number of amides is 1. The predicted molar refractivity (Wildman–Crippen MR) is 64.4 cm³/mol. The fourth-order valence-electron chi connectivity index (χ4n) is 1.54. The Morgan fingerprint density at radius 3 is 2.83 bits per heavy atom. The van der Waals surface area contributed by atoms with Crippen LogP contribution < -0.4 is 16.8 Å². The van der Waals surface area contributed by atoms with Crippen molar-refractivity contribution < 1.29 is 14.3 Å². The third kappa shape index (κ3) is 2.66. The highest BCUT2D eigenvalue weighted by molar-refractivity contribution is 5.96. The van der Waals surface area contributed by atoms with Crippen molar-refractivity contribution in [1.29, 1.82) is 0 Å². The first kappa shape index (κ1) is 12.5. The Hall–Kier alpha value is -1.93. The number of nitrogen functional groups attached to an aromatic ring is 2. The maximum atomic E-state index is 11.9. The van der Waals surface area contributed by atoms with Crippen molar-refractivity contribution in [2.24, 2.45) is 0 Å². The summed E-state index contributed by atoms with van der Waals surface area (Å²) in [5.74, 6) is -0.965. The van der Waals surface area contributed by atoms with Crippen molar-refractivity contribution in [2.75, 3.05) is 23.4 Å². The van der Waals surface area contributed by atoms with Crippen molar-refractivity contribution in [1.82, 2.24) is 9.97 Å². The number of hydrogen-bond donors (Lipinski definition) is 3. The van der Waals surface area contributed by atoms with E-state index in [2.05, 4.69) is 15.3 Å².